The van der Waals surface area contributed by atoms with E-state index in [0.29, 0.717) is 17.7 Å². The predicted molar refractivity (Wildman–Crippen MR) is 99.2 cm³/mol. The molecule has 1 aliphatic carbocycles. The standard InChI is InChI=1S/C22H19F7O3/c1-11(13-8-14(21(24,25)26)10-15(9-13)22(27,28)29)32-18-7-6-17(20(30)31)19(18)12-2-4-16(23)5-3-12/h2-5,8-11,17-19H,6-7H2,1H3,(H,30,31). The van der Waals surface area contributed by atoms with Gasteiger partial charge in [-0.1, -0.05) is 12.1 Å². The lowest BCUT2D eigenvalue weighted by atomic mass is 9.87. The van der Waals surface area contributed by atoms with Crippen LogP contribution < -0.4 is 0 Å². The first-order valence-corrected chi connectivity index (χ1v) is 9.70. The van der Waals surface area contributed by atoms with Crippen molar-refractivity contribution in [2.45, 2.75) is 50.2 Å². The van der Waals surface area contributed by atoms with Gasteiger partial charge in [0.15, 0.2) is 0 Å². The number of aliphatic carboxylic acids is 1. The Morgan fingerprint density at radius 3 is 1.97 bits per heavy atom. The van der Waals surface area contributed by atoms with Gasteiger partial charge in [0, 0.05) is 5.92 Å². The molecule has 3 nitrogen and oxygen atoms in total. The average molecular weight is 464 g/mol. The second kappa shape index (κ2) is 8.73. The quantitative estimate of drug-likeness (QED) is 0.508. The maximum atomic E-state index is 13.3. The van der Waals surface area contributed by atoms with Gasteiger partial charge in [0.05, 0.1) is 29.3 Å². The molecule has 0 bridgehead atoms. The number of halogens is 7. The van der Waals surface area contributed by atoms with Crippen LogP contribution in [0, 0.1) is 11.7 Å². The molecule has 0 saturated heterocycles. The van der Waals surface area contributed by atoms with Crippen LogP contribution in [0.25, 0.3) is 0 Å². The molecular formula is C22H19F7O3. The Labute approximate surface area is 178 Å². The predicted octanol–water partition coefficient (Wildman–Crippen LogP) is 6.59. The molecule has 0 radical (unpaired) electrons. The van der Waals surface area contributed by atoms with E-state index in [4.69, 9.17) is 4.74 Å². The highest BCUT2D eigenvalue weighted by molar-refractivity contribution is 5.72. The van der Waals surface area contributed by atoms with Gasteiger partial charge in [-0.2, -0.15) is 26.3 Å². The Bertz CT molecular complexity index is 935. The lowest BCUT2D eigenvalue weighted by molar-refractivity contribution is -0.144. The summed E-state index contributed by atoms with van der Waals surface area (Å²) in [7, 11) is 0. The summed E-state index contributed by atoms with van der Waals surface area (Å²) in [4.78, 5) is 11.7. The summed E-state index contributed by atoms with van der Waals surface area (Å²) in [6, 6.07) is 6.31. The zero-order chi connectivity index (χ0) is 23.8. The van der Waals surface area contributed by atoms with E-state index >= 15 is 0 Å². The van der Waals surface area contributed by atoms with Crippen molar-refractivity contribution in [2.24, 2.45) is 5.92 Å². The van der Waals surface area contributed by atoms with Crippen molar-refractivity contribution in [3.05, 3.63) is 70.5 Å². The van der Waals surface area contributed by atoms with Crippen LogP contribution in [0.15, 0.2) is 42.5 Å². The largest absolute Gasteiger partial charge is 0.481 e. The third-order valence-electron chi connectivity index (χ3n) is 5.63. The highest BCUT2D eigenvalue weighted by atomic mass is 19.4. The SMILES string of the molecule is CC(OC1CCC(C(=O)O)C1c1ccc(F)cc1)c1cc(C(F)(F)F)cc(C(F)(F)F)c1. The number of carboxylic acid groups (broad SMARTS) is 1. The number of benzene rings is 2. The second-order valence-electron chi connectivity index (χ2n) is 7.76. The molecule has 0 amide bonds. The van der Waals surface area contributed by atoms with Crippen molar-refractivity contribution >= 4 is 5.97 Å². The van der Waals surface area contributed by atoms with E-state index in [9.17, 15) is 40.6 Å². The second-order valence-corrected chi connectivity index (χ2v) is 7.76. The molecule has 4 unspecified atom stereocenters. The highest BCUT2D eigenvalue weighted by Crippen LogP contribution is 2.44. The van der Waals surface area contributed by atoms with Gasteiger partial charge in [-0.25, -0.2) is 4.39 Å². The van der Waals surface area contributed by atoms with Crippen LogP contribution in [-0.2, 0) is 21.9 Å². The zero-order valence-electron chi connectivity index (χ0n) is 16.7. The Balaban J connectivity index is 1.93. The molecule has 4 atom stereocenters. The third kappa shape index (κ3) is 5.23. The van der Waals surface area contributed by atoms with Crippen molar-refractivity contribution in [1.82, 2.24) is 0 Å². The number of carbonyl (C=O) groups is 1. The van der Waals surface area contributed by atoms with Gasteiger partial charge < -0.3 is 9.84 Å². The molecule has 2 aromatic carbocycles. The lowest BCUT2D eigenvalue weighted by Gasteiger charge is -2.27. The van der Waals surface area contributed by atoms with Crippen LogP contribution in [0.2, 0.25) is 0 Å². The van der Waals surface area contributed by atoms with E-state index in [0.717, 1.165) is 12.1 Å². The summed E-state index contributed by atoms with van der Waals surface area (Å²) in [6.07, 6.45) is -11.5. The minimum absolute atomic E-state index is 0.0353. The fourth-order valence-electron chi connectivity index (χ4n) is 4.08. The Hall–Kier alpha value is -2.62. The molecule has 3 rings (SSSR count). The van der Waals surface area contributed by atoms with Crippen molar-refractivity contribution in [3.63, 3.8) is 0 Å². The summed E-state index contributed by atoms with van der Waals surface area (Å²) in [5.74, 6) is -3.27. The van der Waals surface area contributed by atoms with Crippen LogP contribution in [0.5, 0.6) is 0 Å². The van der Waals surface area contributed by atoms with Crippen LogP contribution in [0.3, 0.4) is 0 Å². The minimum Gasteiger partial charge on any atom is -0.481 e. The molecule has 0 spiro atoms. The first kappa shape index (κ1) is 24.0. The molecule has 0 aromatic heterocycles. The zero-order valence-corrected chi connectivity index (χ0v) is 16.7. The topological polar surface area (TPSA) is 46.5 Å². The van der Waals surface area contributed by atoms with Gasteiger partial charge in [0.1, 0.15) is 5.82 Å². The van der Waals surface area contributed by atoms with Crippen molar-refractivity contribution < 1.29 is 45.4 Å². The van der Waals surface area contributed by atoms with Crippen LogP contribution >= 0.6 is 0 Å². The Morgan fingerprint density at radius 1 is 0.969 bits per heavy atom. The lowest BCUT2D eigenvalue weighted by Crippen LogP contribution is -2.26. The number of carboxylic acids is 1. The number of hydrogen-bond donors (Lipinski definition) is 1. The maximum absolute atomic E-state index is 13.3. The van der Waals surface area contributed by atoms with E-state index in [1.165, 1.54) is 19.1 Å². The highest BCUT2D eigenvalue weighted by Gasteiger charge is 2.43. The van der Waals surface area contributed by atoms with Gasteiger partial charge in [-0.05, 0) is 61.2 Å². The van der Waals surface area contributed by atoms with Gasteiger partial charge in [0.2, 0.25) is 0 Å². The average Bonchev–Trinajstić information content (AvgIpc) is 3.10. The van der Waals surface area contributed by atoms with Gasteiger partial charge in [-0.15, -0.1) is 0 Å². The van der Waals surface area contributed by atoms with Gasteiger partial charge >= 0.3 is 18.3 Å². The minimum atomic E-state index is -4.99. The van der Waals surface area contributed by atoms with Gasteiger partial charge in [-0.3, -0.25) is 4.79 Å². The Kier molecular flexibility index (Phi) is 6.55. The first-order valence-electron chi connectivity index (χ1n) is 9.70. The first-order chi connectivity index (χ1) is 14.8. The number of rotatable bonds is 5. The Morgan fingerprint density at radius 2 is 1.50 bits per heavy atom. The van der Waals surface area contributed by atoms with E-state index in [2.05, 4.69) is 0 Å². The monoisotopic (exact) mass is 464 g/mol. The van der Waals surface area contributed by atoms with Gasteiger partial charge in [0.25, 0.3) is 0 Å². The molecule has 1 aliphatic rings. The number of hydrogen-bond acceptors (Lipinski definition) is 2. The fraction of sp³-hybridized carbons (Fsp3) is 0.409. The van der Waals surface area contributed by atoms with E-state index in [1.807, 2.05) is 0 Å². The molecule has 1 saturated carbocycles. The van der Waals surface area contributed by atoms with Crippen molar-refractivity contribution in [1.29, 1.82) is 0 Å². The van der Waals surface area contributed by atoms with Crippen molar-refractivity contribution in [2.75, 3.05) is 0 Å². The molecule has 174 valence electrons. The smallest absolute Gasteiger partial charge is 0.416 e. The summed E-state index contributed by atoms with van der Waals surface area (Å²) >= 11 is 0. The molecule has 2 aromatic rings. The summed E-state index contributed by atoms with van der Waals surface area (Å²) in [5, 5.41) is 9.54. The van der Waals surface area contributed by atoms with E-state index < -0.39 is 59.3 Å². The molecule has 1 N–H and O–H groups in total. The van der Waals surface area contributed by atoms with Crippen LogP contribution in [-0.4, -0.2) is 17.2 Å². The molecule has 1 fully saturated rings. The molecular weight excluding hydrogens is 445 g/mol. The maximum Gasteiger partial charge on any atom is 0.416 e. The molecule has 0 aliphatic heterocycles. The fourth-order valence-corrected chi connectivity index (χ4v) is 4.08. The summed E-state index contributed by atoms with van der Waals surface area (Å²) < 4.78 is 98.1. The number of alkyl halides is 6. The number of ether oxygens (including phenoxy) is 1. The van der Waals surface area contributed by atoms with Crippen molar-refractivity contribution in [3.8, 4) is 0 Å². The summed E-state index contributed by atoms with van der Waals surface area (Å²) in [5.41, 5.74) is -2.78. The molecule has 0 heterocycles. The molecule has 10 heteroatoms. The van der Waals surface area contributed by atoms with E-state index in [-0.39, 0.29) is 24.5 Å². The summed E-state index contributed by atoms with van der Waals surface area (Å²) in [6.45, 7) is 1.31. The van der Waals surface area contributed by atoms with Crippen LogP contribution in [0.4, 0.5) is 30.7 Å². The van der Waals surface area contributed by atoms with Crippen LogP contribution in [0.1, 0.15) is 54.0 Å². The normalized spacial score (nSPS) is 22.7. The molecule has 32 heavy (non-hydrogen) atoms. The third-order valence-corrected chi connectivity index (χ3v) is 5.63. The van der Waals surface area contributed by atoms with E-state index in [1.54, 1.807) is 0 Å².